The van der Waals surface area contributed by atoms with Crippen molar-refractivity contribution in [2.24, 2.45) is 0 Å². The SMILES string of the molecule is CCCCCCCCCCCCCCCCCCCCCCCCCCC/C=C/C(O)C(COP(=O)(O)OCC[N+](C)(C)C)NC(=O)CCCCCCCCCCCCC. The molecule has 0 spiro atoms. The number of nitrogens with zero attached hydrogens (tertiary/aromatic N) is 1. The Hall–Kier alpha value is -0.760. The summed E-state index contributed by atoms with van der Waals surface area (Å²) >= 11 is 0. The summed E-state index contributed by atoms with van der Waals surface area (Å²) in [6.45, 7) is 4.83. The van der Waals surface area contributed by atoms with Gasteiger partial charge in [0.1, 0.15) is 13.2 Å². The van der Waals surface area contributed by atoms with E-state index in [9.17, 15) is 19.4 Å². The zero-order valence-corrected chi connectivity index (χ0v) is 41.6. The van der Waals surface area contributed by atoms with E-state index in [0.29, 0.717) is 17.4 Å². The van der Waals surface area contributed by atoms with Crippen molar-refractivity contribution in [3.63, 3.8) is 0 Å². The van der Waals surface area contributed by atoms with E-state index < -0.39 is 20.0 Å². The van der Waals surface area contributed by atoms with Crippen LogP contribution in [-0.2, 0) is 18.4 Å². The van der Waals surface area contributed by atoms with Crippen LogP contribution in [0.4, 0.5) is 0 Å². The molecule has 0 saturated carbocycles. The van der Waals surface area contributed by atoms with Gasteiger partial charge in [-0.05, 0) is 19.3 Å². The van der Waals surface area contributed by atoms with Crippen LogP contribution in [0, 0.1) is 0 Å². The minimum atomic E-state index is -4.33. The number of quaternary nitrogens is 1. The second-order valence-electron chi connectivity index (χ2n) is 19.3. The molecule has 1 amide bonds. The number of carbonyl (C=O) groups excluding carboxylic acids is 1. The number of carbonyl (C=O) groups is 1. The maximum absolute atomic E-state index is 12.9. The molecule has 0 saturated heterocycles. The first-order chi connectivity index (χ1) is 29.0. The Labute approximate surface area is 373 Å². The third kappa shape index (κ3) is 45.3. The first-order valence-electron chi connectivity index (χ1n) is 26.1. The molecule has 3 atom stereocenters. The van der Waals surface area contributed by atoms with Gasteiger partial charge in [0.15, 0.2) is 0 Å². The number of rotatable bonds is 48. The topological polar surface area (TPSA) is 105 Å². The molecule has 8 nitrogen and oxygen atoms in total. The van der Waals surface area contributed by atoms with Crippen LogP contribution in [0.1, 0.15) is 258 Å². The van der Waals surface area contributed by atoms with Crippen LogP contribution >= 0.6 is 7.82 Å². The molecule has 3 unspecified atom stereocenters. The third-order valence-corrected chi connectivity index (χ3v) is 13.0. The highest BCUT2D eigenvalue weighted by Gasteiger charge is 2.27. The molecular weight excluding hydrogens is 768 g/mol. The van der Waals surface area contributed by atoms with Crippen LogP contribution in [0.25, 0.3) is 0 Å². The molecule has 0 rings (SSSR count). The molecule has 0 aliphatic heterocycles. The van der Waals surface area contributed by atoms with E-state index in [1.807, 2.05) is 27.2 Å². The number of aliphatic hydroxyl groups is 1. The third-order valence-electron chi connectivity index (χ3n) is 12.0. The van der Waals surface area contributed by atoms with Gasteiger partial charge < -0.3 is 19.8 Å². The van der Waals surface area contributed by atoms with Gasteiger partial charge in [0.2, 0.25) is 5.91 Å². The lowest BCUT2D eigenvalue weighted by molar-refractivity contribution is -0.870. The summed E-state index contributed by atoms with van der Waals surface area (Å²) in [7, 11) is 1.58. The predicted octanol–water partition coefficient (Wildman–Crippen LogP) is 15.1. The predicted molar refractivity (Wildman–Crippen MR) is 259 cm³/mol. The lowest BCUT2D eigenvalue weighted by Crippen LogP contribution is -2.45. The monoisotopic (exact) mass is 872 g/mol. The number of unbranched alkanes of at least 4 members (excludes halogenated alkanes) is 35. The first-order valence-corrected chi connectivity index (χ1v) is 27.6. The van der Waals surface area contributed by atoms with E-state index in [-0.39, 0.29) is 19.1 Å². The summed E-state index contributed by atoms with van der Waals surface area (Å²) in [5, 5.41) is 13.9. The van der Waals surface area contributed by atoms with Crippen LogP contribution in [0.2, 0.25) is 0 Å². The fraction of sp³-hybridized carbons (Fsp3) is 0.941. The van der Waals surface area contributed by atoms with Gasteiger partial charge in [-0.3, -0.25) is 13.8 Å². The number of nitrogens with one attached hydrogen (secondary N) is 1. The maximum atomic E-state index is 12.9. The molecule has 0 aliphatic carbocycles. The summed E-state index contributed by atoms with van der Waals surface area (Å²) in [5.41, 5.74) is 0. The van der Waals surface area contributed by atoms with E-state index in [0.717, 1.165) is 32.1 Å². The molecule has 0 heterocycles. The summed E-state index contributed by atoms with van der Waals surface area (Å²) < 4.78 is 23.6. The highest BCUT2D eigenvalue weighted by Crippen LogP contribution is 2.43. The molecule has 60 heavy (non-hydrogen) atoms. The summed E-state index contributed by atoms with van der Waals surface area (Å²) in [6, 6.07) is -0.840. The molecule has 0 aliphatic rings. The Balaban J connectivity index is 4.12. The second-order valence-corrected chi connectivity index (χ2v) is 20.7. The number of likely N-dealkylation sites (N-methyl/N-ethyl adjacent to an activating group) is 1. The molecule has 9 heteroatoms. The Morgan fingerprint density at radius 3 is 1.23 bits per heavy atom. The number of phosphoric ester groups is 1. The average molecular weight is 872 g/mol. The lowest BCUT2D eigenvalue weighted by Gasteiger charge is -2.25. The number of hydrogen-bond acceptors (Lipinski definition) is 5. The normalized spacial score (nSPS) is 14.2. The zero-order chi connectivity index (χ0) is 44.3. The van der Waals surface area contributed by atoms with Gasteiger partial charge in [-0.15, -0.1) is 0 Å². The van der Waals surface area contributed by atoms with Crippen molar-refractivity contribution >= 4 is 13.7 Å². The van der Waals surface area contributed by atoms with E-state index in [1.165, 1.54) is 205 Å². The van der Waals surface area contributed by atoms with E-state index in [4.69, 9.17) is 9.05 Å². The van der Waals surface area contributed by atoms with Gasteiger partial charge in [0, 0.05) is 6.42 Å². The fourth-order valence-corrected chi connectivity index (χ4v) is 8.60. The van der Waals surface area contributed by atoms with E-state index in [2.05, 4.69) is 19.2 Å². The van der Waals surface area contributed by atoms with Gasteiger partial charge in [0.05, 0.1) is 39.9 Å². The van der Waals surface area contributed by atoms with Gasteiger partial charge in [-0.2, -0.15) is 0 Å². The van der Waals surface area contributed by atoms with Crippen LogP contribution < -0.4 is 5.32 Å². The van der Waals surface area contributed by atoms with Crippen molar-refractivity contribution in [3.05, 3.63) is 12.2 Å². The molecule has 3 N–H and O–H groups in total. The van der Waals surface area contributed by atoms with E-state index in [1.54, 1.807) is 6.08 Å². The number of hydrogen-bond donors (Lipinski definition) is 3. The van der Waals surface area contributed by atoms with Crippen molar-refractivity contribution < 1.29 is 32.9 Å². The van der Waals surface area contributed by atoms with Gasteiger partial charge in [-0.25, -0.2) is 4.57 Å². The fourth-order valence-electron chi connectivity index (χ4n) is 7.87. The molecule has 0 bridgehead atoms. The molecular formula is C51H104N2O6P+. The molecule has 0 radical (unpaired) electrons. The van der Waals surface area contributed by atoms with Crippen molar-refractivity contribution in [1.82, 2.24) is 5.32 Å². The van der Waals surface area contributed by atoms with Crippen molar-refractivity contribution in [3.8, 4) is 0 Å². The van der Waals surface area contributed by atoms with Crippen LogP contribution in [0.5, 0.6) is 0 Å². The number of aliphatic hydroxyl groups excluding tert-OH is 1. The van der Waals surface area contributed by atoms with Crippen molar-refractivity contribution in [1.29, 1.82) is 0 Å². The standard InChI is InChI=1S/C51H103N2O6P/c1-6-8-10-12-14-16-18-19-20-21-22-23-24-25-26-27-28-29-30-31-32-33-35-36-38-40-42-44-50(54)49(48-59-60(56,57)58-47-46-53(3,4)5)52-51(55)45-43-41-39-37-34-17-15-13-11-9-7-2/h42,44,49-50,54H,6-41,43,45-48H2,1-5H3,(H-,52,55,56,57)/p+1/b44-42+. The van der Waals surface area contributed by atoms with Crippen molar-refractivity contribution in [2.75, 3.05) is 40.9 Å². The molecule has 0 aromatic carbocycles. The number of phosphoric acid groups is 1. The maximum Gasteiger partial charge on any atom is 0.472 e. The summed E-state index contributed by atoms with van der Waals surface area (Å²) in [6.07, 6.45) is 51.6. The molecule has 0 fully saturated rings. The van der Waals surface area contributed by atoms with Gasteiger partial charge >= 0.3 is 7.82 Å². The van der Waals surface area contributed by atoms with Crippen LogP contribution in [0.3, 0.4) is 0 Å². The number of amides is 1. The minimum Gasteiger partial charge on any atom is -0.387 e. The largest absolute Gasteiger partial charge is 0.472 e. The highest BCUT2D eigenvalue weighted by molar-refractivity contribution is 7.47. The van der Waals surface area contributed by atoms with Gasteiger partial charge in [0.25, 0.3) is 0 Å². The Bertz CT molecular complexity index is 989. The molecule has 0 aromatic heterocycles. The quantitative estimate of drug-likeness (QED) is 0.0243. The van der Waals surface area contributed by atoms with Crippen LogP contribution in [0.15, 0.2) is 12.2 Å². The first kappa shape index (κ1) is 59.2. The Morgan fingerprint density at radius 1 is 0.550 bits per heavy atom. The lowest BCUT2D eigenvalue weighted by atomic mass is 10.0. The van der Waals surface area contributed by atoms with E-state index >= 15 is 0 Å². The molecule has 0 aromatic rings. The second kappa shape index (κ2) is 43.5. The van der Waals surface area contributed by atoms with Crippen molar-refractivity contribution in [2.45, 2.75) is 270 Å². The summed E-state index contributed by atoms with van der Waals surface area (Å²) in [5.74, 6) is -0.175. The highest BCUT2D eigenvalue weighted by atomic mass is 31.2. The van der Waals surface area contributed by atoms with Crippen LogP contribution in [-0.4, -0.2) is 73.4 Å². The Kier molecular flexibility index (Phi) is 42.9. The number of allylic oxidation sites excluding steroid dienone is 1. The summed E-state index contributed by atoms with van der Waals surface area (Å²) in [4.78, 5) is 23.1. The smallest absolute Gasteiger partial charge is 0.387 e. The van der Waals surface area contributed by atoms with Gasteiger partial charge in [-0.1, -0.05) is 244 Å². The zero-order valence-electron chi connectivity index (χ0n) is 40.7. The Morgan fingerprint density at radius 2 is 0.883 bits per heavy atom. The minimum absolute atomic E-state index is 0.0647. The molecule has 358 valence electrons. The average Bonchev–Trinajstić information content (AvgIpc) is 3.20.